The molecule has 24 heavy (non-hydrogen) atoms. The Morgan fingerprint density at radius 1 is 0.958 bits per heavy atom. The van der Waals surface area contributed by atoms with Crippen LogP contribution >= 0.6 is 11.3 Å². The van der Waals surface area contributed by atoms with Gasteiger partial charge in [0.25, 0.3) is 5.69 Å². The number of hydrogen-bond acceptors (Lipinski definition) is 4. The number of benzene rings is 2. The third kappa shape index (κ3) is 3.64. The molecule has 0 aliphatic rings. The molecule has 3 aromatic rings. The van der Waals surface area contributed by atoms with E-state index >= 15 is 0 Å². The van der Waals surface area contributed by atoms with E-state index in [4.69, 9.17) is 0 Å². The van der Waals surface area contributed by atoms with Gasteiger partial charge in [0, 0.05) is 17.0 Å². The number of allylic oxidation sites excluding steroid dienone is 1. The van der Waals surface area contributed by atoms with E-state index < -0.39 is 4.92 Å². The minimum absolute atomic E-state index is 0.0531. The molecular formula is C19H13NO3S. The molecule has 0 aliphatic heterocycles. The predicted octanol–water partition coefficient (Wildman–Crippen LogP) is 5.22. The molecule has 0 amide bonds. The van der Waals surface area contributed by atoms with Crippen molar-refractivity contribution in [2.75, 3.05) is 0 Å². The summed E-state index contributed by atoms with van der Waals surface area (Å²) in [5.74, 6) is -0.0583. The lowest BCUT2D eigenvalue weighted by Crippen LogP contribution is -1.88. The minimum atomic E-state index is -0.429. The van der Waals surface area contributed by atoms with Crippen LogP contribution in [-0.4, -0.2) is 10.7 Å². The van der Waals surface area contributed by atoms with Gasteiger partial charge in [0.15, 0.2) is 5.78 Å². The molecule has 118 valence electrons. The first-order valence-corrected chi connectivity index (χ1v) is 8.07. The summed E-state index contributed by atoms with van der Waals surface area (Å²) in [6, 6.07) is 19.6. The molecule has 0 saturated heterocycles. The van der Waals surface area contributed by atoms with Gasteiger partial charge in [-0.2, -0.15) is 0 Å². The molecule has 0 bridgehead atoms. The molecule has 0 radical (unpaired) electrons. The highest BCUT2D eigenvalue weighted by molar-refractivity contribution is 7.17. The van der Waals surface area contributed by atoms with Gasteiger partial charge in [-0.15, -0.1) is 11.3 Å². The zero-order valence-corrected chi connectivity index (χ0v) is 13.4. The molecule has 0 saturated carbocycles. The van der Waals surface area contributed by atoms with Gasteiger partial charge in [-0.05, 0) is 41.5 Å². The van der Waals surface area contributed by atoms with Crippen molar-refractivity contribution in [3.8, 4) is 10.4 Å². The maximum Gasteiger partial charge on any atom is 0.269 e. The fourth-order valence-electron chi connectivity index (χ4n) is 2.19. The van der Waals surface area contributed by atoms with E-state index in [2.05, 4.69) is 0 Å². The summed E-state index contributed by atoms with van der Waals surface area (Å²) < 4.78 is 0. The van der Waals surface area contributed by atoms with E-state index in [9.17, 15) is 14.9 Å². The lowest BCUT2D eigenvalue weighted by Gasteiger charge is -1.96. The highest BCUT2D eigenvalue weighted by Gasteiger charge is 2.10. The van der Waals surface area contributed by atoms with Gasteiger partial charge in [-0.1, -0.05) is 36.4 Å². The van der Waals surface area contributed by atoms with Crippen LogP contribution in [0.15, 0.2) is 72.8 Å². The predicted molar refractivity (Wildman–Crippen MR) is 96.2 cm³/mol. The standard InChI is InChI=1S/C19H13NO3S/c21-17(11-6-14-4-2-1-3-5-14)19-13-12-18(24-19)15-7-9-16(10-8-15)20(22)23/h1-13H/b11-6+. The number of hydrogen-bond donors (Lipinski definition) is 0. The molecule has 1 heterocycles. The Morgan fingerprint density at radius 3 is 2.33 bits per heavy atom. The smallest absolute Gasteiger partial charge is 0.269 e. The Balaban J connectivity index is 1.76. The van der Waals surface area contributed by atoms with Crippen molar-refractivity contribution in [2.45, 2.75) is 0 Å². The molecule has 5 heteroatoms. The van der Waals surface area contributed by atoms with Crippen LogP contribution < -0.4 is 0 Å². The average molecular weight is 335 g/mol. The second-order valence-electron chi connectivity index (χ2n) is 5.08. The van der Waals surface area contributed by atoms with Crippen molar-refractivity contribution < 1.29 is 9.72 Å². The first-order valence-electron chi connectivity index (χ1n) is 7.25. The van der Waals surface area contributed by atoms with Gasteiger partial charge >= 0.3 is 0 Å². The fourth-order valence-corrected chi connectivity index (χ4v) is 3.12. The van der Waals surface area contributed by atoms with Crippen molar-refractivity contribution in [2.24, 2.45) is 0 Å². The van der Waals surface area contributed by atoms with Crippen LogP contribution in [0.5, 0.6) is 0 Å². The van der Waals surface area contributed by atoms with Crippen LogP contribution in [0.1, 0.15) is 15.2 Å². The summed E-state index contributed by atoms with van der Waals surface area (Å²) >= 11 is 1.37. The molecule has 0 unspecified atom stereocenters. The number of nitro groups is 1. The number of carbonyl (C=O) groups is 1. The van der Waals surface area contributed by atoms with Crippen LogP contribution in [0.4, 0.5) is 5.69 Å². The Hall–Kier alpha value is -3.05. The van der Waals surface area contributed by atoms with Crippen molar-refractivity contribution in [1.82, 2.24) is 0 Å². The third-order valence-electron chi connectivity index (χ3n) is 3.44. The van der Waals surface area contributed by atoms with E-state index in [1.165, 1.54) is 23.5 Å². The maximum absolute atomic E-state index is 12.2. The molecular weight excluding hydrogens is 322 g/mol. The SMILES string of the molecule is O=C(/C=C/c1ccccc1)c1ccc(-c2ccc([N+](=O)[O-])cc2)s1. The molecule has 0 spiro atoms. The highest BCUT2D eigenvalue weighted by Crippen LogP contribution is 2.29. The highest BCUT2D eigenvalue weighted by atomic mass is 32.1. The van der Waals surface area contributed by atoms with Gasteiger partial charge in [0.1, 0.15) is 0 Å². The van der Waals surface area contributed by atoms with Crippen molar-refractivity contribution >= 4 is 28.9 Å². The van der Waals surface area contributed by atoms with Gasteiger partial charge < -0.3 is 0 Å². The maximum atomic E-state index is 12.2. The number of non-ortho nitro benzene ring substituents is 1. The molecule has 0 N–H and O–H groups in total. The molecule has 0 aliphatic carbocycles. The largest absolute Gasteiger partial charge is 0.288 e. The minimum Gasteiger partial charge on any atom is -0.288 e. The van der Waals surface area contributed by atoms with Crippen molar-refractivity contribution in [3.05, 3.63) is 93.4 Å². The fraction of sp³-hybridized carbons (Fsp3) is 0. The number of nitrogens with zero attached hydrogens (tertiary/aromatic N) is 1. The third-order valence-corrected chi connectivity index (χ3v) is 4.59. The van der Waals surface area contributed by atoms with E-state index in [1.807, 2.05) is 36.4 Å². The Morgan fingerprint density at radius 2 is 1.67 bits per heavy atom. The molecule has 2 aromatic carbocycles. The van der Waals surface area contributed by atoms with E-state index in [1.54, 1.807) is 30.4 Å². The number of carbonyl (C=O) groups excluding carboxylic acids is 1. The number of thiophene rings is 1. The second-order valence-corrected chi connectivity index (χ2v) is 6.16. The summed E-state index contributed by atoms with van der Waals surface area (Å²) in [6.45, 7) is 0. The van der Waals surface area contributed by atoms with Gasteiger partial charge in [-0.25, -0.2) is 0 Å². The Bertz CT molecular complexity index is 896. The summed E-state index contributed by atoms with van der Waals surface area (Å²) in [6.07, 6.45) is 3.34. The number of ketones is 1. The normalized spacial score (nSPS) is 10.8. The first-order chi connectivity index (χ1) is 11.6. The van der Waals surface area contributed by atoms with Crippen LogP contribution in [0, 0.1) is 10.1 Å². The van der Waals surface area contributed by atoms with Gasteiger partial charge in [-0.3, -0.25) is 14.9 Å². The summed E-state index contributed by atoms with van der Waals surface area (Å²) in [4.78, 5) is 24.0. The second kappa shape index (κ2) is 7.02. The lowest BCUT2D eigenvalue weighted by atomic mass is 10.1. The summed E-state index contributed by atoms with van der Waals surface area (Å²) in [5, 5.41) is 10.7. The topological polar surface area (TPSA) is 60.2 Å². The number of nitro benzene ring substituents is 1. The average Bonchev–Trinajstić information content (AvgIpc) is 3.11. The van der Waals surface area contributed by atoms with Crippen molar-refractivity contribution in [3.63, 3.8) is 0 Å². The molecule has 4 nitrogen and oxygen atoms in total. The van der Waals surface area contributed by atoms with Crippen LogP contribution in [0.2, 0.25) is 0 Å². The number of rotatable bonds is 5. The summed E-state index contributed by atoms with van der Waals surface area (Å²) in [7, 11) is 0. The molecule has 0 atom stereocenters. The van der Waals surface area contributed by atoms with E-state index in [-0.39, 0.29) is 11.5 Å². The first kappa shape index (κ1) is 15.8. The van der Waals surface area contributed by atoms with E-state index in [0.29, 0.717) is 4.88 Å². The Kier molecular flexibility index (Phi) is 4.63. The van der Waals surface area contributed by atoms with Crippen LogP contribution in [-0.2, 0) is 0 Å². The van der Waals surface area contributed by atoms with Crippen molar-refractivity contribution in [1.29, 1.82) is 0 Å². The van der Waals surface area contributed by atoms with Gasteiger partial charge in [0.05, 0.1) is 9.80 Å². The molecule has 0 fully saturated rings. The molecule has 1 aromatic heterocycles. The summed E-state index contributed by atoms with van der Waals surface area (Å²) in [5.41, 5.74) is 1.88. The lowest BCUT2D eigenvalue weighted by molar-refractivity contribution is -0.384. The molecule has 3 rings (SSSR count). The van der Waals surface area contributed by atoms with Crippen LogP contribution in [0.3, 0.4) is 0 Å². The monoisotopic (exact) mass is 335 g/mol. The van der Waals surface area contributed by atoms with E-state index in [0.717, 1.165) is 16.0 Å². The quantitative estimate of drug-likeness (QED) is 0.278. The Labute approximate surface area is 142 Å². The zero-order valence-electron chi connectivity index (χ0n) is 12.6. The zero-order chi connectivity index (χ0) is 16.9. The van der Waals surface area contributed by atoms with Gasteiger partial charge in [0.2, 0.25) is 0 Å². The van der Waals surface area contributed by atoms with Crippen LogP contribution in [0.25, 0.3) is 16.5 Å².